The largest absolute Gasteiger partial charge is 0.388 e. The molecule has 0 saturated heterocycles. The lowest BCUT2D eigenvalue weighted by Crippen LogP contribution is -2.39. The predicted molar refractivity (Wildman–Crippen MR) is 80.9 cm³/mol. The Labute approximate surface area is 124 Å². The average molecular weight is 288 g/mol. The first-order chi connectivity index (χ1) is 9.91. The van der Waals surface area contributed by atoms with Crippen LogP contribution >= 0.6 is 0 Å². The monoisotopic (exact) mass is 288 g/mol. The third-order valence-electron chi connectivity index (χ3n) is 4.59. The molecular weight excluding hydrogens is 268 g/mol. The summed E-state index contributed by atoms with van der Waals surface area (Å²) < 4.78 is 0. The Bertz CT molecular complexity index is 606. The van der Waals surface area contributed by atoms with E-state index in [0.717, 1.165) is 31.4 Å². The molecule has 1 aromatic carbocycles. The van der Waals surface area contributed by atoms with Crippen LogP contribution in [0, 0.1) is 0 Å². The Hall–Kier alpha value is -1.88. The number of likely N-dealkylation sites (N-methyl/N-ethyl adjacent to an activating group) is 2. The van der Waals surface area contributed by atoms with Gasteiger partial charge >= 0.3 is 0 Å². The van der Waals surface area contributed by atoms with Gasteiger partial charge in [-0.15, -0.1) is 0 Å². The number of benzene rings is 1. The number of nitrogens with zero attached hydrogens (tertiary/aromatic N) is 2. The molecule has 1 saturated carbocycles. The molecule has 112 valence electrons. The zero-order valence-electron chi connectivity index (χ0n) is 12.4. The number of hydrogen-bond acceptors (Lipinski definition) is 4. The van der Waals surface area contributed by atoms with Gasteiger partial charge in [0, 0.05) is 26.3 Å². The number of fused-ring (bicyclic) bond motifs is 1. The van der Waals surface area contributed by atoms with Crippen molar-refractivity contribution in [2.45, 2.75) is 31.3 Å². The Kier molecular flexibility index (Phi) is 3.24. The molecule has 1 aliphatic carbocycles. The normalized spacial score (nSPS) is 20.0. The van der Waals surface area contributed by atoms with Crippen molar-refractivity contribution in [1.29, 1.82) is 0 Å². The van der Waals surface area contributed by atoms with Gasteiger partial charge in [-0.25, -0.2) is 0 Å². The van der Waals surface area contributed by atoms with E-state index in [4.69, 9.17) is 0 Å². The average Bonchev–Trinajstić information content (AvgIpc) is 2.98. The molecule has 1 N–H and O–H groups in total. The topological polar surface area (TPSA) is 60.9 Å². The number of rotatable bonds is 3. The fourth-order valence-electron chi connectivity index (χ4n) is 3.33. The van der Waals surface area contributed by atoms with Crippen LogP contribution in [0.5, 0.6) is 0 Å². The van der Waals surface area contributed by atoms with E-state index in [9.17, 15) is 14.7 Å². The van der Waals surface area contributed by atoms with E-state index in [1.807, 2.05) is 24.1 Å². The van der Waals surface area contributed by atoms with Crippen LogP contribution < -0.4 is 9.80 Å². The first-order valence-corrected chi connectivity index (χ1v) is 7.31. The maximum atomic E-state index is 11.8. The number of ketones is 1. The third-order valence-corrected chi connectivity index (χ3v) is 4.59. The summed E-state index contributed by atoms with van der Waals surface area (Å²) in [6.45, 7) is 0.567. The molecule has 0 spiro atoms. The van der Waals surface area contributed by atoms with Crippen LogP contribution in [-0.2, 0) is 4.79 Å². The molecule has 21 heavy (non-hydrogen) atoms. The van der Waals surface area contributed by atoms with Gasteiger partial charge in [-0.2, -0.15) is 0 Å². The van der Waals surface area contributed by atoms with Gasteiger partial charge in [0.1, 0.15) is 0 Å². The van der Waals surface area contributed by atoms with E-state index in [1.54, 1.807) is 13.1 Å². The van der Waals surface area contributed by atoms with Crippen molar-refractivity contribution in [3.63, 3.8) is 0 Å². The SMILES string of the molecule is CN(CC1(O)CCCC1)c1ccc2c(c1)N(C)C(=O)C2=O. The highest BCUT2D eigenvalue weighted by Gasteiger charge is 2.35. The van der Waals surface area contributed by atoms with Crippen molar-refractivity contribution in [1.82, 2.24) is 0 Å². The lowest BCUT2D eigenvalue weighted by atomic mass is 10.0. The van der Waals surface area contributed by atoms with Crippen LogP contribution in [0.3, 0.4) is 0 Å². The summed E-state index contributed by atoms with van der Waals surface area (Å²) in [5.41, 5.74) is 1.39. The van der Waals surface area contributed by atoms with Crippen molar-refractivity contribution < 1.29 is 14.7 Å². The van der Waals surface area contributed by atoms with Gasteiger partial charge in [0.2, 0.25) is 0 Å². The summed E-state index contributed by atoms with van der Waals surface area (Å²) in [6, 6.07) is 5.38. The Balaban J connectivity index is 1.84. The van der Waals surface area contributed by atoms with E-state index in [2.05, 4.69) is 0 Å². The second kappa shape index (κ2) is 4.84. The fraction of sp³-hybridized carbons (Fsp3) is 0.500. The van der Waals surface area contributed by atoms with Gasteiger partial charge in [-0.1, -0.05) is 12.8 Å². The van der Waals surface area contributed by atoms with Crippen molar-refractivity contribution in [2.24, 2.45) is 0 Å². The zero-order valence-corrected chi connectivity index (χ0v) is 12.4. The number of hydrogen-bond donors (Lipinski definition) is 1. The first kappa shape index (κ1) is 14.1. The Morgan fingerprint density at radius 3 is 2.62 bits per heavy atom. The van der Waals surface area contributed by atoms with Crippen molar-refractivity contribution >= 4 is 23.1 Å². The van der Waals surface area contributed by atoms with Crippen LogP contribution in [-0.4, -0.2) is 43.0 Å². The van der Waals surface area contributed by atoms with Gasteiger partial charge in [-0.05, 0) is 31.0 Å². The molecule has 0 atom stereocenters. The highest BCUT2D eigenvalue weighted by Crippen LogP contribution is 2.34. The van der Waals surface area contributed by atoms with E-state index in [-0.39, 0.29) is 0 Å². The highest BCUT2D eigenvalue weighted by atomic mass is 16.3. The molecular formula is C16H20N2O3. The number of carbonyl (C=O) groups excluding carboxylic acids is 2. The number of aliphatic hydroxyl groups is 1. The fourth-order valence-corrected chi connectivity index (χ4v) is 3.33. The van der Waals surface area contributed by atoms with Crippen LogP contribution in [0.15, 0.2) is 18.2 Å². The van der Waals surface area contributed by atoms with E-state index >= 15 is 0 Å². The quantitative estimate of drug-likeness (QED) is 0.858. The standard InChI is InChI=1S/C16H20N2O3/c1-17(10-16(21)7-3-4-8-16)11-5-6-12-13(9-11)18(2)15(20)14(12)19/h5-6,9,21H,3-4,7-8,10H2,1-2H3. The maximum absolute atomic E-state index is 11.8. The molecule has 5 heteroatoms. The summed E-state index contributed by atoms with van der Waals surface area (Å²) in [7, 11) is 3.54. The van der Waals surface area contributed by atoms with Crippen LogP contribution in [0.1, 0.15) is 36.0 Å². The second-order valence-corrected chi connectivity index (χ2v) is 6.18. The second-order valence-electron chi connectivity index (χ2n) is 6.18. The summed E-state index contributed by atoms with van der Waals surface area (Å²) >= 11 is 0. The van der Waals surface area contributed by atoms with E-state index < -0.39 is 17.3 Å². The third kappa shape index (κ3) is 2.31. The molecule has 1 fully saturated rings. The molecule has 0 radical (unpaired) electrons. The smallest absolute Gasteiger partial charge is 0.299 e. The Morgan fingerprint density at radius 2 is 1.95 bits per heavy atom. The van der Waals surface area contributed by atoms with Crippen LogP contribution in [0.2, 0.25) is 0 Å². The number of carbonyl (C=O) groups is 2. The minimum Gasteiger partial charge on any atom is -0.388 e. The van der Waals surface area contributed by atoms with Gasteiger partial charge in [-0.3, -0.25) is 9.59 Å². The number of Topliss-reactive ketones (excluding diaryl/α,β-unsaturated/α-hetero) is 1. The maximum Gasteiger partial charge on any atom is 0.299 e. The van der Waals surface area contributed by atoms with Crippen LogP contribution in [0.4, 0.5) is 11.4 Å². The molecule has 0 unspecified atom stereocenters. The summed E-state index contributed by atoms with van der Waals surface area (Å²) in [5.74, 6) is -0.935. The van der Waals surface area contributed by atoms with Gasteiger partial charge in [0.25, 0.3) is 11.7 Å². The van der Waals surface area contributed by atoms with Gasteiger partial charge < -0.3 is 14.9 Å². The molecule has 0 bridgehead atoms. The minimum absolute atomic E-state index is 0.448. The van der Waals surface area contributed by atoms with Crippen molar-refractivity contribution in [3.05, 3.63) is 23.8 Å². The lowest BCUT2D eigenvalue weighted by Gasteiger charge is -2.30. The van der Waals surface area contributed by atoms with Gasteiger partial charge in [0.05, 0.1) is 16.9 Å². The van der Waals surface area contributed by atoms with Gasteiger partial charge in [0.15, 0.2) is 0 Å². The molecule has 2 aliphatic rings. The van der Waals surface area contributed by atoms with Crippen molar-refractivity contribution in [3.8, 4) is 0 Å². The molecule has 1 aliphatic heterocycles. The molecule has 1 heterocycles. The predicted octanol–water partition coefficient (Wildman–Crippen LogP) is 1.59. The van der Waals surface area contributed by atoms with Crippen molar-refractivity contribution in [2.75, 3.05) is 30.4 Å². The molecule has 0 aromatic heterocycles. The highest BCUT2D eigenvalue weighted by molar-refractivity contribution is 6.52. The summed E-state index contributed by atoms with van der Waals surface area (Å²) in [6.07, 6.45) is 3.80. The lowest BCUT2D eigenvalue weighted by molar-refractivity contribution is -0.114. The first-order valence-electron chi connectivity index (χ1n) is 7.31. The number of anilines is 2. The zero-order chi connectivity index (χ0) is 15.2. The number of amides is 1. The van der Waals surface area contributed by atoms with E-state index in [1.165, 1.54) is 4.90 Å². The van der Waals surface area contributed by atoms with E-state index in [0.29, 0.717) is 17.8 Å². The van der Waals surface area contributed by atoms with Crippen LogP contribution in [0.25, 0.3) is 0 Å². The summed E-state index contributed by atoms with van der Waals surface area (Å²) in [4.78, 5) is 26.8. The molecule has 3 rings (SSSR count). The molecule has 1 aromatic rings. The molecule has 5 nitrogen and oxygen atoms in total. The summed E-state index contributed by atoms with van der Waals surface area (Å²) in [5, 5.41) is 10.5. The Morgan fingerprint density at radius 1 is 1.29 bits per heavy atom. The molecule has 1 amide bonds. The minimum atomic E-state index is -0.620.